The van der Waals surface area contributed by atoms with Crippen LogP contribution in [0.5, 0.6) is 0 Å². The van der Waals surface area contributed by atoms with Gasteiger partial charge in [0.05, 0.1) is 0 Å². The van der Waals surface area contributed by atoms with Crippen molar-refractivity contribution >= 4 is 0 Å². The number of hydrogen-bond donors (Lipinski definition) is 0. The molecule has 0 aromatic carbocycles. The van der Waals surface area contributed by atoms with Crippen LogP contribution in [0.25, 0.3) is 0 Å². The van der Waals surface area contributed by atoms with E-state index in [1.165, 1.54) is 6.42 Å². The van der Waals surface area contributed by atoms with Gasteiger partial charge < -0.3 is 28.2 Å². The maximum absolute atomic E-state index is 3.60. The third-order valence-corrected chi connectivity index (χ3v) is 0.604. The zero-order valence-corrected chi connectivity index (χ0v) is 8.25. The largest absolute Gasteiger partial charge is 0.358 e. The molecule has 0 aliphatic carbocycles. The van der Waals surface area contributed by atoms with Crippen LogP contribution >= 0.6 is 0 Å². The summed E-state index contributed by atoms with van der Waals surface area (Å²) in [6, 6.07) is 0. The van der Waals surface area contributed by atoms with Crippen molar-refractivity contribution < 1.29 is 16.5 Å². The van der Waals surface area contributed by atoms with Crippen molar-refractivity contribution in [3.05, 3.63) is 28.2 Å². The molecule has 0 atom stereocenters. The summed E-state index contributed by atoms with van der Waals surface area (Å²) in [5.41, 5.74) is 0. The van der Waals surface area contributed by atoms with E-state index in [4.69, 9.17) is 0 Å². The molecule has 0 aromatic rings. The van der Waals surface area contributed by atoms with Gasteiger partial charge in [-0.25, -0.2) is 12.8 Å². The Bertz CT molecular complexity index is 12.7. The fourth-order valence-corrected chi connectivity index (χ4v) is 0. The molecule has 0 nitrogen and oxygen atoms in total. The second-order valence-corrected chi connectivity index (χ2v) is 1.56. The Hall–Kier alpha value is 0.494. The standard InChI is InChI=1S/C4H9.C4H8.CH3.Ni/c2*1-3-4-2;;/h1,3-4H2,2H3;1-4H2;1H3;/q-1;-2;-1;. The molecule has 0 bridgehead atoms. The van der Waals surface area contributed by atoms with Gasteiger partial charge in [-0.2, -0.15) is 6.42 Å². The number of rotatable bonds is 2. The van der Waals surface area contributed by atoms with Gasteiger partial charge in [0.15, 0.2) is 0 Å². The summed E-state index contributed by atoms with van der Waals surface area (Å²) < 4.78 is 0. The predicted octanol–water partition coefficient (Wildman–Crippen LogP) is 3.50. The van der Waals surface area contributed by atoms with E-state index in [-0.39, 0.29) is 23.9 Å². The fraction of sp³-hybridized carbons (Fsp3) is 0.556. The fourth-order valence-electron chi connectivity index (χ4n) is 0. The Kier molecular flexibility index (Phi) is 76.1. The number of unbranched alkanes of at least 4 members (excludes halogenated alkanes) is 2. The van der Waals surface area contributed by atoms with Crippen LogP contribution in [0.4, 0.5) is 0 Å². The third-order valence-electron chi connectivity index (χ3n) is 0.604. The smallest absolute Gasteiger partial charge is 0 e. The Morgan fingerprint density at radius 2 is 1.10 bits per heavy atom. The van der Waals surface area contributed by atoms with E-state index in [1.54, 1.807) is 0 Å². The molecule has 70 valence electrons. The molecule has 0 spiro atoms. The molecule has 0 aliphatic heterocycles. The van der Waals surface area contributed by atoms with Crippen molar-refractivity contribution in [1.82, 2.24) is 0 Å². The predicted molar refractivity (Wildman–Crippen MR) is 46.6 cm³/mol. The van der Waals surface area contributed by atoms with Crippen molar-refractivity contribution in [3.8, 4) is 0 Å². The normalized spacial score (nSPS) is 6.00. The molecule has 0 fully saturated rings. The molecule has 0 saturated heterocycles. The van der Waals surface area contributed by atoms with Crippen LogP contribution in [0.3, 0.4) is 0 Å². The zero-order chi connectivity index (χ0) is 6.83. The molecule has 0 aromatic heterocycles. The summed E-state index contributed by atoms with van der Waals surface area (Å²) >= 11 is 0. The SMILES string of the molecule is [CH2-]CCC.[CH2-]CC[CH2-].[CH3-].[Ni]. The Labute approximate surface area is 77.7 Å². The van der Waals surface area contributed by atoms with E-state index in [1.807, 2.05) is 0 Å². The molecule has 0 aliphatic rings. The maximum atomic E-state index is 3.60. The minimum absolute atomic E-state index is 0. The van der Waals surface area contributed by atoms with Crippen molar-refractivity contribution in [2.45, 2.75) is 32.6 Å². The van der Waals surface area contributed by atoms with Crippen LogP contribution < -0.4 is 0 Å². The zero-order valence-electron chi connectivity index (χ0n) is 7.27. The maximum Gasteiger partial charge on any atom is 0 e. The Morgan fingerprint density at radius 1 is 0.900 bits per heavy atom. The first-order valence-corrected chi connectivity index (χ1v) is 3.21. The summed E-state index contributed by atoms with van der Waals surface area (Å²) in [5, 5.41) is 0. The van der Waals surface area contributed by atoms with Crippen molar-refractivity contribution in [3.63, 3.8) is 0 Å². The minimum Gasteiger partial charge on any atom is -0.358 e. The first-order chi connectivity index (χ1) is 3.83. The summed E-state index contributed by atoms with van der Waals surface area (Å²) in [6.07, 6.45) is 4.19. The van der Waals surface area contributed by atoms with Crippen LogP contribution in [0.2, 0.25) is 0 Å². The molecule has 0 radical (unpaired) electrons. The van der Waals surface area contributed by atoms with E-state index < -0.39 is 0 Å². The van der Waals surface area contributed by atoms with Crippen molar-refractivity contribution in [1.29, 1.82) is 0 Å². The second-order valence-electron chi connectivity index (χ2n) is 1.56. The molecule has 10 heavy (non-hydrogen) atoms. The van der Waals surface area contributed by atoms with Crippen LogP contribution in [-0.2, 0) is 16.5 Å². The van der Waals surface area contributed by atoms with Gasteiger partial charge in [0, 0.05) is 16.5 Å². The summed E-state index contributed by atoms with van der Waals surface area (Å²) in [4.78, 5) is 0. The molecule has 1 heteroatoms. The van der Waals surface area contributed by atoms with E-state index in [9.17, 15) is 0 Å². The number of hydrogen-bond acceptors (Lipinski definition) is 0. The minimum atomic E-state index is 0. The van der Waals surface area contributed by atoms with Gasteiger partial charge in [-0.3, -0.25) is 0 Å². The summed E-state index contributed by atoms with van der Waals surface area (Å²) in [6.45, 7) is 12.8. The van der Waals surface area contributed by atoms with Gasteiger partial charge in [0.25, 0.3) is 0 Å². The Morgan fingerprint density at radius 3 is 1.10 bits per heavy atom. The van der Waals surface area contributed by atoms with E-state index in [2.05, 4.69) is 27.7 Å². The molecule has 0 rings (SSSR count). The quantitative estimate of drug-likeness (QED) is 0.458. The third kappa shape index (κ3) is 76.7. The van der Waals surface area contributed by atoms with Crippen molar-refractivity contribution in [2.24, 2.45) is 0 Å². The molecular formula is C9H20Ni-4. The van der Waals surface area contributed by atoms with Gasteiger partial charge in [0.2, 0.25) is 0 Å². The molecular weight excluding hydrogens is 167 g/mol. The average Bonchev–Trinajstić information content (AvgIpc) is 1.88. The van der Waals surface area contributed by atoms with Crippen LogP contribution in [-0.4, -0.2) is 0 Å². The molecule has 0 saturated carbocycles. The summed E-state index contributed by atoms with van der Waals surface area (Å²) in [5.74, 6) is 0. The molecule has 0 heterocycles. The molecule has 0 N–H and O–H groups in total. The topological polar surface area (TPSA) is 0 Å². The van der Waals surface area contributed by atoms with Gasteiger partial charge in [-0.05, 0) is 0 Å². The molecule has 0 amide bonds. The average molecular weight is 187 g/mol. The van der Waals surface area contributed by atoms with Crippen LogP contribution in [0.1, 0.15) is 32.6 Å². The Balaban J connectivity index is -0.0000000300. The van der Waals surface area contributed by atoms with Gasteiger partial charge in [-0.1, -0.05) is 13.3 Å². The van der Waals surface area contributed by atoms with E-state index in [0.717, 1.165) is 19.3 Å². The van der Waals surface area contributed by atoms with Crippen molar-refractivity contribution in [2.75, 3.05) is 0 Å². The first-order valence-electron chi connectivity index (χ1n) is 3.21. The monoisotopic (exact) mass is 186 g/mol. The van der Waals surface area contributed by atoms with Gasteiger partial charge >= 0.3 is 0 Å². The summed E-state index contributed by atoms with van der Waals surface area (Å²) in [7, 11) is 0. The van der Waals surface area contributed by atoms with Gasteiger partial charge in [-0.15, -0.1) is 0 Å². The first kappa shape index (κ1) is 22.4. The van der Waals surface area contributed by atoms with E-state index in [0.29, 0.717) is 0 Å². The van der Waals surface area contributed by atoms with Gasteiger partial charge in [0.1, 0.15) is 0 Å². The van der Waals surface area contributed by atoms with Crippen LogP contribution in [0, 0.1) is 28.2 Å². The van der Waals surface area contributed by atoms with E-state index >= 15 is 0 Å². The second kappa shape index (κ2) is 33.9. The molecule has 0 unspecified atom stereocenters. The van der Waals surface area contributed by atoms with Crippen LogP contribution in [0.15, 0.2) is 0 Å².